The van der Waals surface area contributed by atoms with Crippen LogP contribution in [0.2, 0.25) is 0 Å². The predicted molar refractivity (Wildman–Crippen MR) is 95.6 cm³/mol. The van der Waals surface area contributed by atoms with Gasteiger partial charge in [-0.3, -0.25) is 4.79 Å². The average molecular weight is 427 g/mol. The first kappa shape index (κ1) is 18.4. The maximum atomic E-state index is 13.8. The SMILES string of the molecule is COC(=O)C1C(C(F)(F)F)=Nc2ccccc2NC1c1ccccc1Br. The van der Waals surface area contributed by atoms with Crippen LogP contribution in [-0.4, -0.2) is 25.0 Å². The van der Waals surface area contributed by atoms with Gasteiger partial charge in [0.05, 0.1) is 24.5 Å². The summed E-state index contributed by atoms with van der Waals surface area (Å²) >= 11 is 3.35. The Labute approximate surface area is 156 Å². The lowest BCUT2D eigenvalue weighted by Gasteiger charge is -2.28. The number of benzene rings is 2. The van der Waals surface area contributed by atoms with E-state index in [1.165, 1.54) is 6.07 Å². The quantitative estimate of drug-likeness (QED) is 0.684. The van der Waals surface area contributed by atoms with E-state index in [0.717, 1.165) is 7.11 Å². The highest BCUT2D eigenvalue weighted by molar-refractivity contribution is 9.10. The zero-order valence-corrected chi connectivity index (χ0v) is 15.1. The van der Waals surface area contributed by atoms with Crippen molar-refractivity contribution >= 4 is 39.0 Å². The number of hydrogen-bond donors (Lipinski definition) is 1. The fourth-order valence-corrected chi connectivity index (χ4v) is 3.43. The molecule has 1 heterocycles. The number of carbonyl (C=O) groups is 1. The fraction of sp³-hybridized carbons (Fsp3) is 0.222. The van der Waals surface area contributed by atoms with Gasteiger partial charge in [0.1, 0.15) is 11.6 Å². The number of esters is 1. The van der Waals surface area contributed by atoms with Crippen molar-refractivity contribution in [1.82, 2.24) is 0 Å². The number of ether oxygens (including phenoxy) is 1. The van der Waals surface area contributed by atoms with Gasteiger partial charge in [-0.15, -0.1) is 0 Å². The number of halogens is 4. The van der Waals surface area contributed by atoms with Gasteiger partial charge < -0.3 is 10.1 Å². The van der Waals surface area contributed by atoms with Gasteiger partial charge in [-0.1, -0.05) is 46.3 Å². The summed E-state index contributed by atoms with van der Waals surface area (Å²) in [5.41, 5.74) is -0.177. The lowest BCUT2D eigenvalue weighted by Crippen LogP contribution is -2.41. The summed E-state index contributed by atoms with van der Waals surface area (Å²) in [4.78, 5) is 16.1. The van der Waals surface area contributed by atoms with Crippen LogP contribution in [-0.2, 0) is 9.53 Å². The molecule has 8 heteroatoms. The van der Waals surface area contributed by atoms with Crippen LogP contribution in [0.5, 0.6) is 0 Å². The molecule has 0 radical (unpaired) electrons. The Hall–Kier alpha value is -2.35. The Balaban J connectivity index is 2.26. The summed E-state index contributed by atoms with van der Waals surface area (Å²) in [7, 11) is 1.06. The van der Waals surface area contributed by atoms with E-state index < -0.39 is 29.8 Å². The van der Waals surface area contributed by atoms with Gasteiger partial charge in [0, 0.05) is 4.47 Å². The molecule has 0 saturated heterocycles. The molecule has 1 aliphatic rings. The van der Waals surface area contributed by atoms with Crippen LogP contribution in [0.15, 0.2) is 58.0 Å². The van der Waals surface area contributed by atoms with E-state index in [-0.39, 0.29) is 5.69 Å². The number of rotatable bonds is 2. The molecule has 0 saturated carbocycles. The van der Waals surface area contributed by atoms with Gasteiger partial charge in [-0.05, 0) is 23.8 Å². The predicted octanol–water partition coefficient (Wildman–Crippen LogP) is 5.04. The van der Waals surface area contributed by atoms with E-state index in [1.807, 2.05) is 0 Å². The van der Waals surface area contributed by atoms with Crippen molar-refractivity contribution < 1.29 is 22.7 Å². The minimum absolute atomic E-state index is 0.114. The number of nitrogens with one attached hydrogen (secondary N) is 1. The smallest absolute Gasteiger partial charge is 0.430 e. The molecule has 26 heavy (non-hydrogen) atoms. The maximum Gasteiger partial charge on any atom is 0.430 e. The highest BCUT2D eigenvalue weighted by atomic mass is 79.9. The van der Waals surface area contributed by atoms with Crippen molar-refractivity contribution in [3.05, 3.63) is 58.6 Å². The number of fused-ring (bicyclic) bond motifs is 1. The third kappa shape index (κ3) is 3.46. The molecule has 1 N–H and O–H groups in total. The van der Waals surface area contributed by atoms with Crippen LogP contribution >= 0.6 is 15.9 Å². The van der Waals surface area contributed by atoms with E-state index in [2.05, 4.69) is 31.0 Å². The first-order valence-electron chi connectivity index (χ1n) is 7.66. The fourth-order valence-electron chi connectivity index (χ4n) is 2.90. The summed E-state index contributed by atoms with van der Waals surface area (Å²) < 4.78 is 46.6. The summed E-state index contributed by atoms with van der Waals surface area (Å²) in [6, 6.07) is 12.1. The molecule has 0 aliphatic carbocycles. The first-order chi connectivity index (χ1) is 12.3. The van der Waals surface area contributed by atoms with E-state index in [4.69, 9.17) is 0 Å². The molecule has 4 nitrogen and oxygen atoms in total. The number of para-hydroxylation sites is 2. The van der Waals surface area contributed by atoms with Crippen molar-refractivity contribution in [2.75, 3.05) is 12.4 Å². The average Bonchev–Trinajstić information content (AvgIpc) is 2.78. The molecule has 3 rings (SSSR count). The molecule has 0 bridgehead atoms. The van der Waals surface area contributed by atoms with Crippen LogP contribution in [0, 0.1) is 5.92 Å². The van der Waals surface area contributed by atoms with E-state index in [0.29, 0.717) is 15.7 Å². The van der Waals surface area contributed by atoms with Crippen LogP contribution in [0.3, 0.4) is 0 Å². The van der Waals surface area contributed by atoms with Gasteiger partial charge in [-0.25, -0.2) is 4.99 Å². The molecule has 0 amide bonds. The van der Waals surface area contributed by atoms with Gasteiger partial charge in [-0.2, -0.15) is 13.2 Å². The number of nitrogens with zero attached hydrogens (tertiary/aromatic N) is 1. The molecule has 1 aliphatic heterocycles. The monoisotopic (exact) mass is 426 g/mol. The largest absolute Gasteiger partial charge is 0.468 e. The minimum Gasteiger partial charge on any atom is -0.468 e. The minimum atomic E-state index is -4.79. The van der Waals surface area contributed by atoms with Crippen molar-refractivity contribution in [3.8, 4) is 0 Å². The molecule has 2 aromatic rings. The van der Waals surface area contributed by atoms with E-state index in [1.54, 1.807) is 42.5 Å². The molecule has 2 unspecified atom stereocenters. The second kappa shape index (κ2) is 7.11. The summed E-state index contributed by atoms with van der Waals surface area (Å²) in [5.74, 6) is -2.67. The second-order valence-corrected chi connectivity index (χ2v) is 6.51. The second-order valence-electron chi connectivity index (χ2n) is 5.66. The molecule has 0 spiro atoms. The number of methoxy groups -OCH3 is 1. The molecular weight excluding hydrogens is 413 g/mol. The van der Waals surface area contributed by atoms with Gasteiger partial charge in [0.2, 0.25) is 0 Å². The molecular formula is C18H14BrF3N2O2. The third-order valence-corrected chi connectivity index (χ3v) is 4.79. The lowest BCUT2D eigenvalue weighted by atomic mass is 9.88. The van der Waals surface area contributed by atoms with E-state index >= 15 is 0 Å². The topological polar surface area (TPSA) is 50.7 Å². The first-order valence-corrected chi connectivity index (χ1v) is 8.46. The van der Waals surface area contributed by atoms with Crippen molar-refractivity contribution in [2.24, 2.45) is 10.9 Å². The molecule has 2 aromatic carbocycles. The molecule has 0 fully saturated rings. The third-order valence-electron chi connectivity index (χ3n) is 4.07. The standard InChI is InChI=1S/C18H14BrF3N2O2/c1-26-17(25)14-15(10-6-2-3-7-11(10)19)23-12-8-4-5-9-13(12)24-16(14)18(20,21)22/h2-9,14-15,23H,1H3. The number of alkyl halides is 3. The normalized spacial score (nSPS) is 19.7. The van der Waals surface area contributed by atoms with Gasteiger partial charge in [0.25, 0.3) is 0 Å². The Kier molecular flexibility index (Phi) is 5.04. The van der Waals surface area contributed by atoms with Crippen molar-refractivity contribution in [1.29, 1.82) is 0 Å². The number of anilines is 1. The molecule has 2 atom stereocenters. The Morgan fingerprint density at radius 1 is 1.15 bits per heavy atom. The highest BCUT2D eigenvalue weighted by Crippen LogP contribution is 2.42. The molecule has 0 aromatic heterocycles. The van der Waals surface area contributed by atoms with Gasteiger partial charge >= 0.3 is 12.1 Å². The zero-order valence-electron chi connectivity index (χ0n) is 13.5. The summed E-state index contributed by atoms with van der Waals surface area (Å²) in [6.45, 7) is 0. The Morgan fingerprint density at radius 3 is 2.46 bits per heavy atom. The zero-order chi connectivity index (χ0) is 18.9. The lowest BCUT2D eigenvalue weighted by molar-refractivity contribution is -0.145. The van der Waals surface area contributed by atoms with E-state index in [9.17, 15) is 18.0 Å². The van der Waals surface area contributed by atoms with Gasteiger partial charge in [0.15, 0.2) is 0 Å². The van der Waals surface area contributed by atoms with Crippen LogP contribution in [0.25, 0.3) is 0 Å². The molecule has 136 valence electrons. The number of aliphatic imine (C=N–C) groups is 1. The number of hydrogen-bond acceptors (Lipinski definition) is 4. The van der Waals surface area contributed by atoms with Crippen molar-refractivity contribution in [3.63, 3.8) is 0 Å². The maximum absolute atomic E-state index is 13.8. The Bertz CT molecular complexity index is 868. The van der Waals surface area contributed by atoms with Crippen LogP contribution in [0.4, 0.5) is 24.5 Å². The van der Waals surface area contributed by atoms with Crippen LogP contribution < -0.4 is 5.32 Å². The summed E-state index contributed by atoms with van der Waals surface area (Å²) in [6.07, 6.45) is -4.79. The van der Waals surface area contributed by atoms with Crippen LogP contribution in [0.1, 0.15) is 11.6 Å². The summed E-state index contributed by atoms with van der Waals surface area (Å²) in [5, 5.41) is 3.04. The Morgan fingerprint density at radius 2 is 1.81 bits per heavy atom. The van der Waals surface area contributed by atoms with Crippen molar-refractivity contribution in [2.45, 2.75) is 12.2 Å². The number of carbonyl (C=O) groups excluding carboxylic acids is 1. The highest BCUT2D eigenvalue weighted by Gasteiger charge is 2.49.